The zero-order valence-corrected chi connectivity index (χ0v) is 11.0. The van der Waals surface area contributed by atoms with E-state index in [2.05, 4.69) is 23.3 Å². The van der Waals surface area contributed by atoms with Crippen LogP contribution in [0.3, 0.4) is 0 Å². The molecule has 0 rings (SSSR count). The Morgan fingerprint density at radius 3 is 0.929 bits per heavy atom. The number of amidine groups is 2. The fourth-order valence-corrected chi connectivity index (χ4v) is 0. The van der Waals surface area contributed by atoms with Gasteiger partial charge in [-0.05, 0) is 0 Å². The number of hydrogen-bond acceptors (Lipinski definition) is 4. The summed E-state index contributed by atoms with van der Waals surface area (Å²) in [6.07, 6.45) is 0. The van der Waals surface area contributed by atoms with E-state index in [-0.39, 0.29) is 23.5 Å². The van der Waals surface area contributed by atoms with Crippen LogP contribution in [0.15, 0.2) is 0 Å². The van der Waals surface area contributed by atoms with Crippen molar-refractivity contribution in [3.63, 3.8) is 0 Å². The molecule has 0 saturated heterocycles. The average Bonchev–Trinajstić information content (AvgIpc) is 2.08. The SMILES string of the molecule is CC(C)C(=N)N.CC(C)C(=N)N.SS. The molecule has 0 aliphatic carbocycles. The molecular formula is C8H22N4S2. The van der Waals surface area contributed by atoms with Gasteiger partial charge in [0, 0.05) is 11.8 Å². The van der Waals surface area contributed by atoms with E-state index in [9.17, 15) is 0 Å². The summed E-state index contributed by atoms with van der Waals surface area (Å²) in [5, 5.41) is 13.5. The van der Waals surface area contributed by atoms with Gasteiger partial charge in [-0.15, -0.1) is 23.3 Å². The van der Waals surface area contributed by atoms with E-state index in [0.717, 1.165) is 0 Å². The number of nitrogens with one attached hydrogen (secondary N) is 2. The fourth-order valence-electron chi connectivity index (χ4n) is 0. The molecule has 0 aromatic carbocycles. The molecule has 0 aromatic heterocycles. The smallest absolute Gasteiger partial charge is 0.0931 e. The van der Waals surface area contributed by atoms with Crippen LogP contribution in [0.4, 0.5) is 0 Å². The lowest BCUT2D eigenvalue weighted by Gasteiger charge is -1.95. The number of nitrogens with two attached hydrogens (primary N) is 2. The first-order valence-corrected chi connectivity index (χ1v) is 5.76. The summed E-state index contributed by atoms with van der Waals surface area (Å²) in [4.78, 5) is 0. The van der Waals surface area contributed by atoms with E-state index in [4.69, 9.17) is 22.3 Å². The van der Waals surface area contributed by atoms with Gasteiger partial charge in [-0.1, -0.05) is 27.7 Å². The van der Waals surface area contributed by atoms with Crippen molar-refractivity contribution in [3.05, 3.63) is 0 Å². The Morgan fingerprint density at radius 2 is 0.929 bits per heavy atom. The second kappa shape index (κ2) is 12.6. The van der Waals surface area contributed by atoms with Gasteiger partial charge in [-0.25, -0.2) is 0 Å². The van der Waals surface area contributed by atoms with Crippen LogP contribution in [0.2, 0.25) is 0 Å². The van der Waals surface area contributed by atoms with Gasteiger partial charge >= 0.3 is 0 Å². The minimum atomic E-state index is 0.213. The van der Waals surface area contributed by atoms with Crippen molar-refractivity contribution in [1.82, 2.24) is 0 Å². The molecule has 0 aliphatic rings. The zero-order chi connectivity index (χ0) is 12.3. The van der Waals surface area contributed by atoms with Crippen molar-refractivity contribution >= 4 is 35.0 Å². The van der Waals surface area contributed by atoms with E-state index in [1.165, 1.54) is 0 Å². The van der Waals surface area contributed by atoms with E-state index in [0.29, 0.717) is 0 Å². The largest absolute Gasteiger partial charge is 0.387 e. The highest BCUT2D eigenvalue weighted by Gasteiger charge is 1.91. The van der Waals surface area contributed by atoms with Crippen molar-refractivity contribution in [2.45, 2.75) is 27.7 Å². The van der Waals surface area contributed by atoms with Crippen molar-refractivity contribution in [2.75, 3.05) is 0 Å². The standard InChI is InChI=1S/2C4H10N2.H2S2/c2*1-3(2)4(5)6;1-2/h2*3H,1-2H3,(H3,5,6);1-2H. The van der Waals surface area contributed by atoms with Crippen LogP contribution >= 0.6 is 23.3 Å². The molecule has 86 valence electrons. The Labute approximate surface area is 97.1 Å². The van der Waals surface area contributed by atoms with Crippen LogP contribution in [0, 0.1) is 22.7 Å². The first kappa shape index (κ1) is 19.2. The third kappa shape index (κ3) is 22.6. The highest BCUT2D eigenvalue weighted by atomic mass is 33.1. The van der Waals surface area contributed by atoms with Gasteiger partial charge in [0.1, 0.15) is 0 Å². The molecule has 0 unspecified atom stereocenters. The minimum Gasteiger partial charge on any atom is -0.387 e. The summed E-state index contributed by atoms with van der Waals surface area (Å²) in [5.41, 5.74) is 10.0. The highest BCUT2D eigenvalue weighted by Crippen LogP contribution is 1.85. The molecule has 0 heterocycles. The molecule has 0 atom stereocenters. The second-order valence-corrected chi connectivity index (χ2v) is 3.22. The average molecular weight is 238 g/mol. The van der Waals surface area contributed by atoms with Crippen LogP contribution in [0.1, 0.15) is 27.7 Å². The lowest BCUT2D eigenvalue weighted by atomic mass is 10.2. The molecular weight excluding hydrogens is 216 g/mol. The van der Waals surface area contributed by atoms with Gasteiger partial charge in [0.25, 0.3) is 0 Å². The lowest BCUT2D eigenvalue weighted by Crippen LogP contribution is -2.16. The van der Waals surface area contributed by atoms with E-state index in [1.54, 1.807) is 0 Å². The molecule has 14 heavy (non-hydrogen) atoms. The second-order valence-electron chi connectivity index (χ2n) is 3.22. The number of rotatable bonds is 2. The number of hydrogen-bond donors (Lipinski definition) is 6. The zero-order valence-electron chi connectivity index (χ0n) is 9.20. The molecule has 0 amide bonds. The van der Waals surface area contributed by atoms with Crippen molar-refractivity contribution in [3.8, 4) is 0 Å². The van der Waals surface area contributed by atoms with Crippen LogP contribution in [-0.2, 0) is 0 Å². The quantitative estimate of drug-likeness (QED) is 0.192. The Kier molecular flexibility index (Phi) is 17.4. The normalized spacial score (nSPS) is 8.29. The monoisotopic (exact) mass is 238 g/mol. The first-order chi connectivity index (χ1) is 6.29. The molecule has 0 aromatic rings. The molecule has 6 N–H and O–H groups in total. The van der Waals surface area contributed by atoms with Crippen molar-refractivity contribution < 1.29 is 0 Å². The Bertz CT molecular complexity index is 139. The Balaban J connectivity index is -0.000000147. The maximum Gasteiger partial charge on any atom is 0.0931 e. The number of thiol groups is 2. The first-order valence-electron chi connectivity index (χ1n) is 4.16. The predicted octanol–water partition coefficient (Wildman–Crippen LogP) is 1.92. The summed E-state index contributed by atoms with van der Waals surface area (Å²) in [6.45, 7) is 7.56. The topological polar surface area (TPSA) is 99.7 Å². The summed E-state index contributed by atoms with van der Waals surface area (Å²) in [7, 11) is 0. The van der Waals surface area contributed by atoms with E-state index >= 15 is 0 Å². The summed E-state index contributed by atoms with van der Waals surface area (Å²) in [5.74, 6) is 0.944. The predicted molar refractivity (Wildman–Crippen MR) is 71.5 cm³/mol. The van der Waals surface area contributed by atoms with Gasteiger partial charge < -0.3 is 11.5 Å². The molecule has 0 aliphatic heterocycles. The Morgan fingerprint density at radius 1 is 0.857 bits per heavy atom. The van der Waals surface area contributed by atoms with Crippen LogP contribution in [0.25, 0.3) is 0 Å². The molecule has 0 bridgehead atoms. The molecule has 0 radical (unpaired) electrons. The summed E-state index contributed by atoms with van der Waals surface area (Å²) < 4.78 is 0. The molecule has 0 spiro atoms. The van der Waals surface area contributed by atoms with Crippen LogP contribution in [0.5, 0.6) is 0 Å². The maximum atomic E-state index is 6.73. The molecule has 0 saturated carbocycles. The fraction of sp³-hybridized carbons (Fsp3) is 0.750. The molecule has 4 nitrogen and oxygen atoms in total. The van der Waals surface area contributed by atoms with Crippen molar-refractivity contribution in [1.29, 1.82) is 10.8 Å². The lowest BCUT2D eigenvalue weighted by molar-refractivity contribution is 0.865. The van der Waals surface area contributed by atoms with E-state index in [1.807, 2.05) is 27.7 Å². The molecule has 0 fully saturated rings. The van der Waals surface area contributed by atoms with Crippen LogP contribution in [-0.4, -0.2) is 11.7 Å². The van der Waals surface area contributed by atoms with Gasteiger partial charge in [-0.3, -0.25) is 10.8 Å². The van der Waals surface area contributed by atoms with Gasteiger partial charge in [0.2, 0.25) is 0 Å². The summed E-state index contributed by atoms with van der Waals surface area (Å²) in [6, 6.07) is 0. The van der Waals surface area contributed by atoms with Gasteiger partial charge in [0.15, 0.2) is 0 Å². The van der Waals surface area contributed by atoms with Crippen LogP contribution < -0.4 is 11.5 Å². The summed E-state index contributed by atoms with van der Waals surface area (Å²) >= 11 is 6.44. The molecule has 6 heteroatoms. The van der Waals surface area contributed by atoms with E-state index < -0.39 is 0 Å². The minimum absolute atomic E-state index is 0.213. The maximum absolute atomic E-state index is 6.73. The van der Waals surface area contributed by atoms with Gasteiger partial charge in [0.05, 0.1) is 11.7 Å². The highest BCUT2D eigenvalue weighted by molar-refractivity contribution is 8.59. The third-order valence-electron chi connectivity index (χ3n) is 1.24. The van der Waals surface area contributed by atoms with Crippen molar-refractivity contribution in [2.24, 2.45) is 23.3 Å². The van der Waals surface area contributed by atoms with Gasteiger partial charge in [-0.2, -0.15) is 0 Å². The third-order valence-corrected chi connectivity index (χ3v) is 1.24. The Hall–Kier alpha value is -0.360.